The van der Waals surface area contributed by atoms with E-state index < -0.39 is 12.2 Å². The average molecular weight is 230 g/mol. The van der Waals surface area contributed by atoms with Crippen LogP contribution >= 0.6 is 0 Å². The minimum atomic E-state index is -1.47. The van der Waals surface area contributed by atoms with E-state index in [2.05, 4.69) is 9.97 Å². The zero-order valence-electron chi connectivity index (χ0n) is 8.78. The van der Waals surface area contributed by atoms with Crippen LogP contribution in [-0.4, -0.2) is 26.3 Å². The predicted octanol–water partition coefficient (Wildman–Crippen LogP) is 0.130. The van der Waals surface area contributed by atoms with Crippen LogP contribution in [0.1, 0.15) is 11.7 Å². The zero-order chi connectivity index (χ0) is 12.4. The van der Waals surface area contributed by atoms with Crippen LogP contribution in [0.3, 0.4) is 0 Å². The summed E-state index contributed by atoms with van der Waals surface area (Å²) in [6, 6.07) is 6.37. The van der Waals surface area contributed by atoms with Gasteiger partial charge in [-0.2, -0.15) is 5.26 Å². The predicted molar refractivity (Wildman–Crippen MR) is 60.5 cm³/mol. The minimum absolute atomic E-state index is 0.287. The summed E-state index contributed by atoms with van der Waals surface area (Å²) in [4.78, 5) is 7.84. The van der Waals surface area contributed by atoms with Crippen LogP contribution in [0.5, 0.6) is 0 Å². The Bertz CT molecular complexity index is 594. The monoisotopic (exact) mass is 230 g/mol. The molecule has 2 atom stereocenters. The highest BCUT2D eigenvalue weighted by Gasteiger charge is 2.18. The summed E-state index contributed by atoms with van der Waals surface area (Å²) in [6.07, 6.45) is -1.40. The molecule has 1 aromatic heterocycles. The van der Waals surface area contributed by atoms with Crippen LogP contribution in [0, 0.1) is 11.3 Å². The van der Waals surface area contributed by atoms with Crippen LogP contribution in [0.4, 0.5) is 5.82 Å². The van der Waals surface area contributed by atoms with E-state index in [0.29, 0.717) is 16.5 Å². The van der Waals surface area contributed by atoms with Crippen LogP contribution in [-0.2, 0) is 0 Å². The van der Waals surface area contributed by atoms with E-state index in [1.807, 2.05) is 0 Å². The Hall–Kier alpha value is -2.23. The van der Waals surface area contributed by atoms with Crippen molar-refractivity contribution in [2.24, 2.45) is 0 Å². The van der Waals surface area contributed by atoms with E-state index in [9.17, 15) is 10.2 Å². The Morgan fingerprint density at radius 3 is 2.76 bits per heavy atom. The van der Waals surface area contributed by atoms with Crippen molar-refractivity contribution < 1.29 is 10.2 Å². The molecule has 0 aliphatic heterocycles. The fourth-order valence-corrected chi connectivity index (χ4v) is 1.53. The molecule has 1 aromatic carbocycles. The Morgan fingerprint density at radius 1 is 1.29 bits per heavy atom. The summed E-state index contributed by atoms with van der Waals surface area (Å²) in [5.41, 5.74) is 6.71. The van der Waals surface area contributed by atoms with Gasteiger partial charge in [-0.25, -0.2) is 9.97 Å². The first-order valence-electron chi connectivity index (χ1n) is 4.89. The molecule has 0 spiro atoms. The lowest BCUT2D eigenvalue weighted by Crippen LogP contribution is -2.15. The summed E-state index contributed by atoms with van der Waals surface area (Å²) < 4.78 is 0. The van der Waals surface area contributed by atoms with Gasteiger partial charge in [0.2, 0.25) is 0 Å². The van der Waals surface area contributed by atoms with E-state index in [-0.39, 0.29) is 5.82 Å². The molecule has 2 unspecified atom stereocenters. The summed E-state index contributed by atoms with van der Waals surface area (Å²) in [6.45, 7) is 0. The number of nitrogens with two attached hydrogens (primary N) is 1. The van der Waals surface area contributed by atoms with E-state index >= 15 is 0 Å². The van der Waals surface area contributed by atoms with Crippen molar-refractivity contribution in [3.05, 3.63) is 30.1 Å². The van der Waals surface area contributed by atoms with Crippen molar-refractivity contribution in [2.75, 3.05) is 5.73 Å². The zero-order valence-corrected chi connectivity index (χ0v) is 8.78. The number of aliphatic hydroxyl groups is 2. The number of benzene rings is 1. The molecule has 86 valence electrons. The third kappa shape index (κ3) is 2.01. The number of aromatic nitrogens is 2. The van der Waals surface area contributed by atoms with Gasteiger partial charge in [0.25, 0.3) is 0 Å². The number of aliphatic hydroxyl groups excluding tert-OH is 2. The molecule has 2 aromatic rings. The highest BCUT2D eigenvalue weighted by atomic mass is 16.3. The van der Waals surface area contributed by atoms with Crippen molar-refractivity contribution >= 4 is 16.7 Å². The third-order valence-electron chi connectivity index (χ3n) is 2.46. The van der Waals surface area contributed by atoms with Gasteiger partial charge in [0.15, 0.2) is 6.10 Å². The van der Waals surface area contributed by atoms with Gasteiger partial charge < -0.3 is 15.9 Å². The Labute approximate surface area is 97.0 Å². The van der Waals surface area contributed by atoms with Gasteiger partial charge in [0.05, 0.1) is 11.6 Å². The maximum absolute atomic E-state index is 9.69. The van der Waals surface area contributed by atoms with Crippen molar-refractivity contribution in [1.82, 2.24) is 9.97 Å². The molecule has 6 heteroatoms. The van der Waals surface area contributed by atoms with Crippen LogP contribution in [0.25, 0.3) is 10.9 Å². The van der Waals surface area contributed by atoms with Gasteiger partial charge in [0, 0.05) is 5.39 Å². The largest absolute Gasteiger partial charge is 0.385 e. The highest BCUT2D eigenvalue weighted by Crippen LogP contribution is 2.23. The van der Waals surface area contributed by atoms with Gasteiger partial charge in [-0.15, -0.1) is 0 Å². The summed E-state index contributed by atoms with van der Waals surface area (Å²) in [5.74, 6) is 0.287. The Morgan fingerprint density at radius 2 is 2.06 bits per heavy atom. The number of anilines is 1. The number of nitrogen functional groups attached to an aromatic ring is 1. The topological polar surface area (TPSA) is 116 Å². The van der Waals surface area contributed by atoms with E-state index in [0.717, 1.165) is 0 Å². The summed E-state index contributed by atoms with van der Waals surface area (Å²) in [5, 5.41) is 28.0. The number of hydrogen-bond donors (Lipinski definition) is 3. The molecule has 17 heavy (non-hydrogen) atoms. The normalized spacial score (nSPS) is 14.2. The minimum Gasteiger partial charge on any atom is -0.385 e. The first-order chi connectivity index (χ1) is 8.13. The van der Waals surface area contributed by atoms with Crippen molar-refractivity contribution in [3.8, 4) is 6.07 Å². The molecule has 0 amide bonds. The van der Waals surface area contributed by atoms with Crippen molar-refractivity contribution in [2.45, 2.75) is 12.2 Å². The van der Waals surface area contributed by atoms with Crippen LogP contribution in [0.2, 0.25) is 0 Å². The first kappa shape index (κ1) is 11.3. The quantitative estimate of drug-likeness (QED) is 0.631. The fourth-order valence-electron chi connectivity index (χ4n) is 1.53. The second kappa shape index (κ2) is 4.33. The highest BCUT2D eigenvalue weighted by molar-refractivity contribution is 5.88. The Balaban J connectivity index is 2.52. The molecule has 0 bridgehead atoms. The molecule has 1 heterocycles. The summed E-state index contributed by atoms with van der Waals surface area (Å²) in [7, 11) is 0. The summed E-state index contributed by atoms with van der Waals surface area (Å²) >= 11 is 0. The van der Waals surface area contributed by atoms with Crippen LogP contribution < -0.4 is 5.73 Å². The average Bonchev–Trinajstić information content (AvgIpc) is 2.37. The number of hydrogen-bond acceptors (Lipinski definition) is 6. The number of rotatable bonds is 2. The number of fused-ring (bicyclic) bond motifs is 1. The molecule has 0 saturated carbocycles. The molecule has 0 aliphatic carbocycles. The SMILES string of the molecule is N#CC(O)C(O)c1ccc2ncnc(N)c2c1. The standard InChI is InChI=1S/C11H10N4O2/c12-4-9(16)10(17)6-1-2-8-7(3-6)11(13)15-5-14-8/h1-3,5,9-10,16-17H,(H2,13,14,15). The van der Waals surface area contributed by atoms with Gasteiger partial charge >= 0.3 is 0 Å². The molecule has 2 rings (SSSR count). The molecular formula is C11H10N4O2. The number of nitriles is 1. The number of nitrogens with zero attached hydrogens (tertiary/aromatic N) is 3. The van der Waals surface area contributed by atoms with E-state index in [4.69, 9.17) is 11.0 Å². The van der Waals surface area contributed by atoms with Gasteiger partial charge in [-0.05, 0) is 17.7 Å². The van der Waals surface area contributed by atoms with Crippen molar-refractivity contribution in [1.29, 1.82) is 5.26 Å². The second-order valence-corrected chi connectivity index (χ2v) is 3.55. The van der Waals surface area contributed by atoms with Crippen molar-refractivity contribution in [3.63, 3.8) is 0 Å². The molecule has 0 aliphatic rings. The smallest absolute Gasteiger partial charge is 0.170 e. The lowest BCUT2D eigenvalue weighted by Gasteiger charge is -2.12. The van der Waals surface area contributed by atoms with Gasteiger partial charge in [-0.3, -0.25) is 0 Å². The second-order valence-electron chi connectivity index (χ2n) is 3.55. The Kier molecular flexibility index (Phi) is 2.87. The maximum atomic E-state index is 9.69. The molecule has 0 radical (unpaired) electrons. The van der Waals surface area contributed by atoms with Crippen LogP contribution in [0.15, 0.2) is 24.5 Å². The lowest BCUT2D eigenvalue weighted by molar-refractivity contribution is 0.0529. The first-order valence-corrected chi connectivity index (χ1v) is 4.89. The molecule has 4 N–H and O–H groups in total. The molecular weight excluding hydrogens is 220 g/mol. The van der Waals surface area contributed by atoms with Gasteiger partial charge in [0.1, 0.15) is 18.2 Å². The van der Waals surface area contributed by atoms with Gasteiger partial charge in [-0.1, -0.05) is 6.07 Å². The maximum Gasteiger partial charge on any atom is 0.170 e. The molecule has 0 fully saturated rings. The molecule has 0 saturated heterocycles. The third-order valence-corrected chi connectivity index (χ3v) is 2.46. The molecule has 6 nitrogen and oxygen atoms in total. The van der Waals surface area contributed by atoms with E-state index in [1.165, 1.54) is 6.33 Å². The fraction of sp³-hybridized carbons (Fsp3) is 0.182. The lowest BCUT2D eigenvalue weighted by atomic mass is 10.0. The van der Waals surface area contributed by atoms with E-state index in [1.54, 1.807) is 24.3 Å².